The predicted molar refractivity (Wildman–Crippen MR) is 192 cm³/mol. The number of nitrogens with zero attached hydrogens (tertiary/aromatic N) is 2. The van der Waals surface area contributed by atoms with Crippen LogP contribution in [0.4, 0.5) is 0 Å². The largest absolute Gasteiger partial charge is 0.507 e. The van der Waals surface area contributed by atoms with Crippen molar-refractivity contribution in [3.8, 4) is 17.2 Å². The Kier molecular flexibility index (Phi) is 10.5. The van der Waals surface area contributed by atoms with Gasteiger partial charge in [-0.3, -0.25) is 28.9 Å². The van der Waals surface area contributed by atoms with E-state index >= 15 is 0 Å². The molecule has 0 aromatic heterocycles. The van der Waals surface area contributed by atoms with Crippen LogP contribution in [0, 0.1) is 0 Å². The number of aliphatic hydroxyl groups excluding tert-OH is 1. The first kappa shape index (κ1) is 39.6. The predicted octanol–water partition coefficient (Wildman–Crippen LogP) is 0.216. The number of aromatic hydroxyl groups is 2. The van der Waals surface area contributed by atoms with Crippen molar-refractivity contribution in [3.63, 3.8) is 0 Å². The molecule has 3 amide bonds. The van der Waals surface area contributed by atoms with Gasteiger partial charge in [-0.2, -0.15) is 5.10 Å². The van der Waals surface area contributed by atoms with Gasteiger partial charge in [-0.1, -0.05) is 19.1 Å². The molecular formula is C38H44N4O13. The van der Waals surface area contributed by atoms with Crippen molar-refractivity contribution in [2.75, 3.05) is 26.9 Å². The van der Waals surface area contributed by atoms with Crippen LogP contribution in [-0.2, 0) is 35.7 Å². The fourth-order valence-electron chi connectivity index (χ4n) is 7.91. The molecule has 8 N–H and O–H groups in total. The minimum absolute atomic E-state index is 0.0186. The van der Waals surface area contributed by atoms with Gasteiger partial charge in [0.15, 0.2) is 12.1 Å². The third-order valence-electron chi connectivity index (χ3n) is 11.1. The third-order valence-corrected chi connectivity index (χ3v) is 11.1. The Morgan fingerprint density at radius 3 is 2.36 bits per heavy atom. The number of carbonyl (C=O) groups excluding carboxylic acids is 5. The number of phenolic OH excluding ortho intramolecular Hbond substituents is 2. The van der Waals surface area contributed by atoms with E-state index < -0.39 is 100.0 Å². The number of imide groups is 1. The molecule has 0 spiro atoms. The van der Waals surface area contributed by atoms with Crippen molar-refractivity contribution in [1.29, 1.82) is 0 Å². The van der Waals surface area contributed by atoms with Crippen LogP contribution in [0.1, 0.15) is 89.4 Å². The van der Waals surface area contributed by atoms with Gasteiger partial charge in [0.2, 0.25) is 11.7 Å². The second-order valence-electron chi connectivity index (χ2n) is 14.9. The molecule has 17 heteroatoms. The lowest BCUT2D eigenvalue weighted by molar-refractivity contribution is -0.254. The van der Waals surface area contributed by atoms with E-state index in [2.05, 4.69) is 10.5 Å². The van der Waals surface area contributed by atoms with Gasteiger partial charge in [-0.15, -0.1) is 0 Å². The summed E-state index contributed by atoms with van der Waals surface area (Å²) in [6, 6.07) is 3.61. The second-order valence-corrected chi connectivity index (χ2v) is 14.9. The van der Waals surface area contributed by atoms with Gasteiger partial charge in [0.05, 0.1) is 48.8 Å². The first-order valence-corrected chi connectivity index (χ1v) is 17.7. The number of fused-ring (bicyclic) bond motifs is 3. The van der Waals surface area contributed by atoms with Crippen LogP contribution in [0.3, 0.4) is 0 Å². The number of ether oxygens (including phenoxy) is 3. The summed E-state index contributed by atoms with van der Waals surface area (Å²) in [6.07, 6.45) is -0.396. The Morgan fingerprint density at radius 1 is 1.05 bits per heavy atom. The summed E-state index contributed by atoms with van der Waals surface area (Å²) >= 11 is 0. The van der Waals surface area contributed by atoms with Crippen molar-refractivity contribution in [2.45, 2.75) is 87.9 Å². The number of hydrogen-bond acceptors (Lipinski definition) is 15. The van der Waals surface area contributed by atoms with Crippen LogP contribution < -0.4 is 15.9 Å². The average molecular weight is 765 g/mol. The molecule has 17 nitrogen and oxygen atoms in total. The minimum Gasteiger partial charge on any atom is -0.507 e. The van der Waals surface area contributed by atoms with Gasteiger partial charge < -0.3 is 45.5 Å². The Labute approximate surface area is 315 Å². The Balaban J connectivity index is 1.37. The van der Waals surface area contributed by atoms with E-state index in [-0.39, 0.29) is 72.5 Å². The maximum atomic E-state index is 14.1. The highest BCUT2D eigenvalue weighted by molar-refractivity contribution is 6.31. The summed E-state index contributed by atoms with van der Waals surface area (Å²) in [4.78, 5) is 65.4. The topological polar surface area (TPSA) is 268 Å². The molecule has 2 heterocycles. The van der Waals surface area contributed by atoms with Crippen molar-refractivity contribution in [3.05, 3.63) is 63.7 Å². The molecule has 55 heavy (non-hydrogen) atoms. The first-order valence-electron chi connectivity index (χ1n) is 17.7. The third kappa shape index (κ3) is 6.81. The molecule has 0 radical (unpaired) electrons. The highest BCUT2D eigenvalue weighted by Gasteiger charge is 2.53. The van der Waals surface area contributed by atoms with Gasteiger partial charge in [0, 0.05) is 66.1 Å². The normalized spacial score (nSPS) is 28.9. The maximum Gasteiger partial charge on any atom is 0.253 e. The number of hydrogen-bond donors (Lipinski definition) is 7. The molecule has 2 aromatic rings. The highest BCUT2D eigenvalue weighted by atomic mass is 16.7. The molecule has 1 saturated heterocycles. The first-order chi connectivity index (χ1) is 25.9. The summed E-state index contributed by atoms with van der Waals surface area (Å²) in [5.74, 6) is -4.47. The van der Waals surface area contributed by atoms with Crippen LogP contribution in [0.2, 0.25) is 0 Å². The van der Waals surface area contributed by atoms with E-state index in [1.807, 2.05) is 0 Å². The lowest BCUT2D eigenvalue weighted by Gasteiger charge is -2.47. The van der Waals surface area contributed by atoms with Crippen LogP contribution >= 0.6 is 0 Å². The average Bonchev–Trinajstić information content (AvgIpc) is 3.45. The van der Waals surface area contributed by atoms with E-state index in [9.17, 15) is 49.5 Å². The van der Waals surface area contributed by atoms with Crippen LogP contribution in [0.15, 0.2) is 35.5 Å². The lowest BCUT2D eigenvalue weighted by atomic mass is 9.62. The molecule has 6 atom stereocenters. The molecule has 6 rings (SSSR count). The lowest BCUT2D eigenvalue weighted by Crippen LogP contribution is -2.60. The molecule has 0 bridgehead atoms. The van der Waals surface area contributed by atoms with Crippen LogP contribution in [0.5, 0.6) is 17.2 Å². The van der Waals surface area contributed by atoms with Crippen molar-refractivity contribution < 1.29 is 63.7 Å². The van der Waals surface area contributed by atoms with Gasteiger partial charge in [-0.25, -0.2) is 5.43 Å². The summed E-state index contributed by atoms with van der Waals surface area (Å²) in [7, 11) is 1.32. The fourth-order valence-corrected chi connectivity index (χ4v) is 7.91. The Bertz CT molecular complexity index is 2010. The van der Waals surface area contributed by atoms with Gasteiger partial charge in [0.25, 0.3) is 11.8 Å². The standard InChI is InChI=1S/C38H44N4O13/c1-18-37(3,51)22(39)13-27(55-18)54-17-36(2)16-38(52,23(15-43)40-41-24(44)9-6-12-42-25(45)10-11-26(42)46)14-20-31(36)35(50)30-29(33(20)48)32(47)19-7-5-8-21(53-4)28(19)34(30)49/h5,7-8,10-11,18,22,27,43,48,50-52H,6,9,12-17,39H2,1-4H3,(H,41,44)/b40-23+/t18-,22-,27?,36+,37+,38-/m0/s1. The second kappa shape index (κ2) is 14.6. The van der Waals surface area contributed by atoms with Crippen molar-refractivity contribution >= 4 is 35.0 Å². The highest BCUT2D eigenvalue weighted by Crippen LogP contribution is 2.54. The maximum absolute atomic E-state index is 14.1. The molecule has 2 aliphatic heterocycles. The summed E-state index contributed by atoms with van der Waals surface area (Å²) in [5.41, 5.74) is 1.83. The summed E-state index contributed by atoms with van der Waals surface area (Å²) in [5, 5.41) is 61.5. The van der Waals surface area contributed by atoms with Gasteiger partial charge in [-0.05, 0) is 32.8 Å². The zero-order valence-electron chi connectivity index (χ0n) is 30.7. The number of amides is 3. The molecule has 2 aliphatic carbocycles. The number of phenols is 2. The molecule has 294 valence electrons. The van der Waals surface area contributed by atoms with Gasteiger partial charge in [0.1, 0.15) is 28.5 Å². The number of aliphatic hydroxyl groups is 3. The van der Waals surface area contributed by atoms with E-state index in [1.54, 1.807) is 13.8 Å². The molecular weight excluding hydrogens is 720 g/mol. The molecule has 1 unspecified atom stereocenters. The van der Waals surface area contributed by atoms with Crippen molar-refractivity contribution in [2.24, 2.45) is 10.8 Å². The van der Waals surface area contributed by atoms with Gasteiger partial charge >= 0.3 is 0 Å². The number of methoxy groups -OCH3 is 1. The van der Waals surface area contributed by atoms with Crippen molar-refractivity contribution in [1.82, 2.24) is 10.3 Å². The van der Waals surface area contributed by atoms with E-state index in [4.69, 9.17) is 19.9 Å². The number of benzene rings is 2. The molecule has 2 aromatic carbocycles. The summed E-state index contributed by atoms with van der Waals surface area (Å²) in [6.45, 7) is 3.46. The number of ketones is 2. The summed E-state index contributed by atoms with van der Waals surface area (Å²) < 4.78 is 17.4. The van der Waals surface area contributed by atoms with Crippen LogP contribution in [-0.4, -0.2) is 122 Å². The monoisotopic (exact) mass is 764 g/mol. The van der Waals surface area contributed by atoms with E-state index in [1.165, 1.54) is 32.2 Å². The van der Waals surface area contributed by atoms with E-state index in [0.29, 0.717) is 0 Å². The van der Waals surface area contributed by atoms with E-state index in [0.717, 1.165) is 17.1 Å². The number of nitrogens with two attached hydrogens (primary N) is 1. The minimum atomic E-state index is -2.16. The Hall–Kier alpha value is -5.04. The number of nitrogens with one attached hydrogen (secondary N) is 1. The Morgan fingerprint density at radius 2 is 1.73 bits per heavy atom. The molecule has 1 fully saturated rings. The quantitative estimate of drug-likeness (QED) is 0.0596. The SMILES string of the molecule is COc1cccc2c1C(=O)c1c(O)c3c(c(O)c1C2=O)C[C@@](O)(/C(CO)=N/NC(=O)CCCN1C(=O)C=CC1=O)C[C@]3(C)COC1C[C@H](N)[C@](C)(O)[C@H](C)O1. The molecule has 0 saturated carbocycles. The number of rotatable bonds is 11. The number of hydrazone groups is 1. The smallest absolute Gasteiger partial charge is 0.253 e. The zero-order valence-corrected chi connectivity index (χ0v) is 30.7. The van der Waals surface area contributed by atoms with Crippen LogP contribution in [0.25, 0.3) is 0 Å². The fraction of sp³-hybridized carbons (Fsp3) is 0.474. The number of carbonyl (C=O) groups is 5. The molecule has 4 aliphatic rings. The zero-order chi connectivity index (χ0) is 40.2.